The molecule has 2 aliphatic rings. The van der Waals surface area contributed by atoms with Gasteiger partial charge in [0.25, 0.3) is 11.8 Å². The fourth-order valence-corrected chi connectivity index (χ4v) is 9.64. The number of nitrogens with one attached hydrogen (secondary N) is 2. The summed E-state index contributed by atoms with van der Waals surface area (Å²) in [6.07, 6.45) is 1.22. The van der Waals surface area contributed by atoms with Crippen LogP contribution in [0.4, 0.5) is 20.4 Å². The van der Waals surface area contributed by atoms with Crippen LogP contribution in [0.25, 0.3) is 22.1 Å². The molecule has 20 heteroatoms. The maximum Gasteiger partial charge on any atom is 0.339 e. The molecule has 4 N–H and O–H groups in total. The van der Waals surface area contributed by atoms with Crippen LogP contribution in [0.5, 0.6) is 0 Å². The third kappa shape index (κ3) is 9.22. The minimum atomic E-state index is -2.50. The molecule has 0 spiro atoms. The lowest BCUT2D eigenvalue weighted by Gasteiger charge is -2.33. The molecule has 6 heterocycles. The summed E-state index contributed by atoms with van der Waals surface area (Å²) in [5.41, 5.74) is -2.06. The smallest absolute Gasteiger partial charge is 0.339 e. The van der Waals surface area contributed by atoms with E-state index < -0.39 is 53.4 Å². The van der Waals surface area contributed by atoms with Crippen molar-refractivity contribution in [3.8, 4) is 23.7 Å². The molecule has 2 saturated heterocycles. The third-order valence-corrected chi connectivity index (χ3v) is 13.9. The topological polar surface area (TPSA) is 205 Å². The van der Waals surface area contributed by atoms with Crippen LogP contribution in [0.15, 0.2) is 128 Å². The second-order valence-corrected chi connectivity index (χ2v) is 17.6. The maximum absolute atomic E-state index is 16.2. The summed E-state index contributed by atoms with van der Waals surface area (Å²) in [6.45, 7) is 4.68. The number of carbonyl (C=O) groups excluding carboxylic acids is 3. The van der Waals surface area contributed by atoms with E-state index in [-0.39, 0.29) is 38.0 Å². The number of esters is 1. The van der Waals surface area contributed by atoms with E-state index in [9.17, 15) is 24.6 Å². The first-order chi connectivity index (χ1) is 33.7. The number of amides is 2. The van der Waals surface area contributed by atoms with Gasteiger partial charge in [0.1, 0.15) is 35.6 Å². The summed E-state index contributed by atoms with van der Waals surface area (Å²) in [6, 6.07) is 29.1. The Hall–Kier alpha value is -6.41. The fraction of sp³-hybridized carbons (Fsp3) is 0.260. The van der Waals surface area contributed by atoms with Gasteiger partial charge in [-0.3, -0.25) is 9.59 Å². The van der Waals surface area contributed by atoms with Gasteiger partial charge < -0.3 is 44.2 Å². The van der Waals surface area contributed by atoms with Gasteiger partial charge in [-0.05, 0) is 62.4 Å². The average Bonchev–Trinajstić information content (AvgIpc) is 4.12. The minimum absolute atomic E-state index is 0.0228. The molecule has 2 aliphatic heterocycles. The quantitative estimate of drug-likeness (QED) is 0.0445. The maximum atomic E-state index is 16.2. The van der Waals surface area contributed by atoms with E-state index in [4.69, 9.17) is 14.2 Å². The van der Waals surface area contributed by atoms with Gasteiger partial charge in [0, 0.05) is 23.5 Å². The number of halogens is 4. The van der Waals surface area contributed by atoms with Crippen molar-refractivity contribution in [1.29, 1.82) is 0 Å². The van der Waals surface area contributed by atoms with Crippen LogP contribution in [0.1, 0.15) is 64.3 Å². The Morgan fingerprint density at radius 2 is 1.13 bits per heavy atom. The Labute approximate surface area is 426 Å². The van der Waals surface area contributed by atoms with Crippen molar-refractivity contribution < 1.29 is 47.6 Å². The first-order valence-electron chi connectivity index (χ1n) is 21.4. The van der Waals surface area contributed by atoms with Crippen LogP contribution >= 0.6 is 45.2 Å². The largest absolute Gasteiger partial charge is 0.437 e. The zero-order valence-corrected chi connectivity index (χ0v) is 41.7. The highest BCUT2D eigenvalue weighted by Crippen LogP contribution is 2.53. The highest BCUT2D eigenvalue weighted by Gasteiger charge is 2.66. The number of aliphatic hydroxyl groups excluding tert-OH is 1. The highest BCUT2D eigenvalue weighted by atomic mass is 127. The third-order valence-electron chi connectivity index (χ3n) is 11.8. The second-order valence-electron chi connectivity index (χ2n) is 16.0. The number of ether oxygens (including phenoxy) is 3. The first-order valence-corrected chi connectivity index (χ1v) is 24.5. The molecule has 70 heavy (non-hydrogen) atoms. The van der Waals surface area contributed by atoms with Crippen molar-refractivity contribution in [1.82, 2.24) is 29.1 Å². The van der Waals surface area contributed by atoms with Crippen molar-refractivity contribution in [2.24, 2.45) is 5.92 Å². The molecular weight excluding hydrogens is 1130 g/mol. The Morgan fingerprint density at radius 1 is 0.686 bits per heavy atom. The zero-order valence-electron chi connectivity index (χ0n) is 37.4. The molecule has 9 rings (SSSR count). The molecular formula is C50H42F2I2N8O8. The number of fused-ring (bicyclic) bond motifs is 2. The molecule has 3 aromatic carbocycles. The van der Waals surface area contributed by atoms with Gasteiger partial charge in [-0.15, -0.1) is 11.8 Å². The number of aromatic nitrogens is 6. The van der Waals surface area contributed by atoms with E-state index in [0.717, 1.165) is 0 Å². The van der Waals surface area contributed by atoms with Crippen LogP contribution in [0, 0.1) is 29.6 Å². The summed E-state index contributed by atoms with van der Waals surface area (Å²) in [7, 11) is 0. The molecule has 0 radical (unpaired) electrons. The van der Waals surface area contributed by atoms with Gasteiger partial charge >= 0.3 is 5.97 Å². The van der Waals surface area contributed by atoms with E-state index in [0.29, 0.717) is 33.1 Å². The summed E-state index contributed by atoms with van der Waals surface area (Å²) in [4.78, 5) is 55.6. The Bertz CT molecular complexity index is 3200. The first kappa shape index (κ1) is 50.0. The molecule has 0 aliphatic carbocycles. The molecule has 4 aromatic heterocycles. The molecule has 8 atom stereocenters. The van der Waals surface area contributed by atoms with E-state index >= 15 is 8.78 Å². The minimum Gasteiger partial charge on any atom is -0.437 e. The van der Waals surface area contributed by atoms with Gasteiger partial charge in [0.2, 0.25) is 22.9 Å². The number of hydrogen-bond acceptors (Lipinski definition) is 12. The van der Waals surface area contributed by atoms with Crippen LogP contribution in [0.3, 0.4) is 0 Å². The number of hydrogen-bond donors (Lipinski definition) is 4. The lowest BCUT2D eigenvalue weighted by Crippen LogP contribution is -2.49. The number of benzene rings is 3. The lowest BCUT2D eigenvalue weighted by molar-refractivity contribution is -0.167. The number of alkyl halides is 4. The SMILES string of the molecule is CC#C[C@]1(O)[C@H](n2ccc3c(NC(=O)c4ccccc4)ncnc32)O[C@](F)(CI)[C@H]1O.CC#C[C@]1(OC(=O)c2ccccc2)[C@H](n2ccc3c(NC(=O)c4ccccc4)ncnc32)O[C@](F)(CI)[C@H]1C. The van der Waals surface area contributed by atoms with Crippen molar-refractivity contribution in [3.63, 3.8) is 0 Å². The standard InChI is InChI=1S/C29H24FIN4O4.C21H18FIN4O4/c1-3-15-28(38-26(37)21-12-8-5-9-13-21)19(2)29(30,17-31)39-27(28)35-16-14-22-23(32-18-33-24(22)35)34-25(36)20-10-6-4-7-11-20;1-2-9-20(30)18(29)21(22,11-23)31-19(20)27-10-8-14-15(24-12-25-16(14)27)26-17(28)13-6-4-3-5-7-13/h4-14,16,18-19,27H,17H2,1-2H3,(H,32,33,34,36);3-8,10,12,18-19,29-30H,11H2,1H3,(H,24,25,26,28)/t19-,27+,28+,29+;18-,19+,20+,21+/m00/s1. The average molecular weight is 1170 g/mol. The molecule has 358 valence electrons. The predicted octanol–water partition coefficient (Wildman–Crippen LogP) is 8.00. The summed E-state index contributed by atoms with van der Waals surface area (Å²) in [5, 5.41) is 28.0. The van der Waals surface area contributed by atoms with Gasteiger partial charge in [-0.2, -0.15) is 0 Å². The number of rotatable bonds is 10. The van der Waals surface area contributed by atoms with E-state index in [1.807, 2.05) is 28.7 Å². The molecule has 7 aromatic rings. The van der Waals surface area contributed by atoms with Crippen LogP contribution in [0.2, 0.25) is 0 Å². The van der Waals surface area contributed by atoms with Crippen LogP contribution < -0.4 is 10.6 Å². The van der Waals surface area contributed by atoms with E-state index in [1.54, 1.807) is 144 Å². The van der Waals surface area contributed by atoms with Crippen molar-refractivity contribution >= 4 is 96.7 Å². The number of aliphatic hydroxyl groups is 2. The predicted molar refractivity (Wildman–Crippen MR) is 271 cm³/mol. The van der Waals surface area contributed by atoms with E-state index in [2.05, 4.69) is 54.3 Å². The van der Waals surface area contributed by atoms with Gasteiger partial charge in [0.05, 0.1) is 31.1 Å². The summed E-state index contributed by atoms with van der Waals surface area (Å²) in [5.74, 6) is 4.34. The lowest BCUT2D eigenvalue weighted by atomic mass is 9.85. The molecule has 16 nitrogen and oxygen atoms in total. The molecule has 0 unspecified atom stereocenters. The number of carbonyl (C=O) groups is 3. The highest BCUT2D eigenvalue weighted by molar-refractivity contribution is 14.1. The van der Waals surface area contributed by atoms with Crippen molar-refractivity contribution in [3.05, 3.63) is 145 Å². The molecule has 0 saturated carbocycles. The van der Waals surface area contributed by atoms with E-state index in [1.165, 1.54) is 30.3 Å². The summed E-state index contributed by atoms with van der Waals surface area (Å²) < 4.78 is 51.6. The molecule has 2 amide bonds. The van der Waals surface area contributed by atoms with Crippen molar-refractivity contribution in [2.75, 3.05) is 19.5 Å². The van der Waals surface area contributed by atoms with Gasteiger partial charge in [-0.1, -0.05) is 119 Å². The Balaban J connectivity index is 0.000000193. The number of nitrogens with zero attached hydrogens (tertiary/aromatic N) is 6. The fourth-order valence-electron chi connectivity index (χ4n) is 8.20. The monoisotopic (exact) mass is 1170 g/mol. The summed E-state index contributed by atoms with van der Waals surface area (Å²) >= 11 is 3.65. The van der Waals surface area contributed by atoms with Crippen LogP contribution in [-0.4, -0.2) is 94.9 Å². The zero-order chi connectivity index (χ0) is 49.8. The Morgan fingerprint density at radius 3 is 1.59 bits per heavy atom. The van der Waals surface area contributed by atoms with Crippen molar-refractivity contribution in [2.45, 2.75) is 62.2 Å². The number of anilines is 2. The Kier molecular flexibility index (Phi) is 14.6. The molecule has 2 fully saturated rings. The molecule has 0 bridgehead atoms. The van der Waals surface area contributed by atoms with Gasteiger partial charge in [0.15, 0.2) is 18.6 Å². The normalized spacial score (nSPS) is 25.7. The van der Waals surface area contributed by atoms with Crippen LogP contribution in [-0.2, 0) is 14.2 Å². The second kappa shape index (κ2) is 20.5. The van der Waals surface area contributed by atoms with Gasteiger partial charge in [-0.25, -0.2) is 33.5 Å².